The van der Waals surface area contributed by atoms with Crippen molar-refractivity contribution in [3.05, 3.63) is 0 Å². The minimum Gasteiger partial charge on any atom is -0.395 e. The van der Waals surface area contributed by atoms with Crippen LogP contribution in [0.5, 0.6) is 0 Å². The van der Waals surface area contributed by atoms with E-state index in [0.29, 0.717) is 6.54 Å². The second-order valence-electron chi connectivity index (χ2n) is 3.60. The largest absolute Gasteiger partial charge is 0.395 e. The molecule has 0 saturated carbocycles. The molecule has 1 rings (SSSR count). The number of hydrogen-bond acceptors (Lipinski definition) is 6. The molecule has 0 bridgehead atoms. The highest BCUT2D eigenvalue weighted by Crippen LogP contribution is 2.12. The quantitative estimate of drug-likeness (QED) is 0.325. The van der Waals surface area contributed by atoms with Gasteiger partial charge in [0, 0.05) is 19.6 Å². The predicted molar refractivity (Wildman–Crippen MR) is 47.6 cm³/mol. The average Bonchev–Trinajstić information content (AvgIpc) is 2.21. The Morgan fingerprint density at radius 1 is 0.929 bits per heavy atom. The SMILES string of the molecule is OCCN1C[C@@H](O)[C@@H](O)[C@H](O)[C@H](O)C1. The van der Waals surface area contributed by atoms with Crippen LogP contribution in [0.15, 0.2) is 0 Å². The average molecular weight is 207 g/mol. The second kappa shape index (κ2) is 5.01. The molecule has 1 heterocycles. The van der Waals surface area contributed by atoms with Crippen LogP contribution in [0.4, 0.5) is 0 Å². The summed E-state index contributed by atoms with van der Waals surface area (Å²) in [5, 5.41) is 46.1. The van der Waals surface area contributed by atoms with Gasteiger partial charge in [0.15, 0.2) is 0 Å². The molecule has 1 aliphatic heterocycles. The third-order valence-electron chi connectivity index (χ3n) is 2.45. The number of likely N-dealkylation sites (tertiary alicyclic amines) is 1. The summed E-state index contributed by atoms with van der Waals surface area (Å²) in [6, 6.07) is 0. The first-order chi connectivity index (χ1) is 6.56. The summed E-state index contributed by atoms with van der Waals surface area (Å²) >= 11 is 0. The molecule has 14 heavy (non-hydrogen) atoms. The number of rotatable bonds is 2. The standard InChI is InChI=1S/C8H17NO5/c10-2-1-9-3-5(11)7(13)8(14)6(12)4-9/h5-8,10-14H,1-4H2/t5-,6-,7-,8-/m1/s1. The van der Waals surface area contributed by atoms with Gasteiger partial charge < -0.3 is 25.5 Å². The first-order valence-corrected chi connectivity index (χ1v) is 4.61. The third kappa shape index (κ3) is 2.63. The van der Waals surface area contributed by atoms with Crippen LogP contribution in [0, 0.1) is 0 Å². The van der Waals surface area contributed by atoms with E-state index in [4.69, 9.17) is 5.11 Å². The molecule has 0 aliphatic carbocycles. The van der Waals surface area contributed by atoms with Crippen LogP contribution < -0.4 is 0 Å². The minimum absolute atomic E-state index is 0.0916. The Labute approximate surface area is 82.0 Å². The Morgan fingerprint density at radius 2 is 1.36 bits per heavy atom. The van der Waals surface area contributed by atoms with Crippen LogP contribution in [-0.2, 0) is 0 Å². The molecule has 0 amide bonds. The fraction of sp³-hybridized carbons (Fsp3) is 1.00. The van der Waals surface area contributed by atoms with E-state index in [1.54, 1.807) is 4.90 Å². The topological polar surface area (TPSA) is 104 Å². The van der Waals surface area contributed by atoms with E-state index < -0.39 is 24.4 Å². The van der Waals surface area contributed by atoms with Crippen LogP contribution in [0.2, 0.25) is 0 Å². The maximum Gasteiger partial charge on any atom is 0.110 e. The molecule has 1 saturated heterocycles. The number of nitrogens with zero attached hydrogens (tertiary/aromatic N) is 1. The molecule has 0 aromatic carbocycles. The van der Waals surface area contributed by atoms with E-state index >= 15 is 0 Å². The lowest BCUT2D eigenvalue weighted by atomic mass is 10.1. The molecule has 6 heteroatoms. The van der Waals surface area contributed by atoms with Crippen molar-refractivity contribution in [3.8, 4) is 0 Å². The van der Waals surface area contributed by atoms with Gasteiger partial charge in [0.2, 0.25) is 0 Å². The maximum atomic E-state index is 9.40. The lowest BCUT2D eigenvalue weighted by Gasteiger charge is -2.21. The van der Waals surface area contributed by atoms with Gasteiger partial charge in [0.1, 0.15) is 12.2 Å². The van der Waals surface area contributed by atoms with Gasteiger partial charge in [-0.05, 0) is 0 Å². The molecule has 4 atom stereocenters. The van der Waals surface area contributed by atoms with Gasteiger partial charge in [-0.15, -0.1) is 0 Å². The van der Waals surface area contributed by atoms with Gasteiger partial charge in [-0.2, -0.15) is 0 Å². The van der Waals surface area contributed by atoms with Crippen molar-refractivity contribution < 1.29 is 25.5 Å². The van der Waals surface area contributed by atoms with Crippen molar-refractivity contribution in [1.29, 1.82) is 0 Å². The summed E-state index contributed by atoms with van der Waals surface area (Å²) in [5.41, 5.74) is 0. The van der Waals surface area contributed by atoms with Crippen molar-refractivity contribution in [2.75, 3.05) is 26.2 Å². The van der Waals surface area contributed by atoms with Gasteiger partial charge >= 0.3 is 0 Å². The molecular weight excluding hydrogens is 190 g/mol. The molecule has 0 spiro atoms. The number of β-amino-alcohol motifs (C(OH)–C–C–N with tert-alkyl or cyclic N) is 3. The van der Waals surface area contributed by atoms with Gasteiger partial charge in [0.05, 0.1) is 18.8 Å². The van der Waals surface area contributed by atoms with Crippen molar-refractivity contribution in [2.24, 2.45) is 0 Å². The minimum atomic E-state index is -1.34. The Hall–Kier alpha value is -0.240. The zero-order chi connectivity index (χ0) is 10.7. The van der Waals surface area contributed by atoms with Gasteiger partial charge in [-0.1, -0.05) is 0 Å². The molecule has 84 valence electrons. The Kier molecular flexibility index (Phi) is 4.24. The number of aliphatic hydroxyl groups is 5. The Bertz CT molecular complexity index is 163. The summed E-state index contributed by atoms with van der Waals surface area (Å²) in [6.45, 7) is 0.477. The molecule has 1 fully saturated rings. The lowest BCUT2D eigenvalue weighted by Crippen LogP contribution is -2.43. The molecule has 6 nitrogen and oxygen atoms in total. The zero-order valence-electron chi connectivity index (χ0n) is 7.82. The van der Waals surface area contributed by atoms with E-state index in [0.717, 1.165) is 0 Å². The van der Waals surface area contributed by atoms with Gasteiger partial charge in [-0.25, -0.2) is 0 Å². The van der Waals surface area contributed by atoms with E-state index in [1.807, 2.05) is 0 Å². The fourth-order valence-corrected chi connectivity index (χ4v) is 1.60. The lowest BCUT2D eigenvalue weighted by molar-refractivity contribution is -0.0894. The van der Waals surface area contributed by atoms with Gasteiger partial charge in [0.25, 0.3) is 0 Å². The van der Waals surface area contributed by atoms with Crippen LogP contribution in [0.3, 0.4) is 0 Å². The summed E-state index contributed by atoms with van der Waals surface area (Å²) in [5.74, 6) is 0. The normalized spacial score (nSPS) is 40.9. The van der Waals surface area contributed by atoms with Gasteiger partial charge in [-0.3, -0.25) is 4.90 Å². The highest BCUT2D eigenvalue weighted by molar-refractivity contribution is 4.88. The second-order valence-corrected chi connectivity index (χ2v) is 3.60. The Balaban J connectivity index is 2.62. The van der Waals surface area contributed by atoms with Crippen molar-refractivity contribution >= 4 is 0 Å². The van der Waals surface area contributed by atoms with Crippen LogP contribution in [-0.4, -0.2) is 81.1 Å². The van der Waals surface area contributed by atoms with E-state index in [2.05, 4.69) is 0 Å². The van der Waals surface area contributed by atoms with E-state index in [-0.39, 0.29) is 19.7 Å². The maximum absolute atomic E-state index is 9.40. The molecule has 0 aromatic heterocycles. The summed E-state index contributed by atoms with van der Waals surface area (Å²) in [6.07, 6.45) is -4.88. The monoisotopic (exact) mass is 207 g/mol. The summed E-state index contributed by atoms with van der Waals surface area (Å²) in [4.78, 5) is 1.59. The molecular formula is C8H17NO5. The Morgan fingerprint density at radius 3 is 1.71 bits per heavy atom. The highest BCUT2D eigenvalue weighted by atomic mass is 16.4. The molecule has 0 aromatic rings. The van der Waals surface area contributed by atoms with Crippen molar-refractivity contribution in [1.82, 2.24) is 4.90 Å². The molecule has 1 aliphatic rings. The summed E-state index contributed by atoms with van der Waals surface area (Å²) < 4.78 is 0. The molecule has 5 N–H and O–H groups in total. The predicted octanol–water partition coefficient (Wildman–Crippen LogP) is -3.26. The zero-order valence-corrected chi connectivity index (χ0v) is 7.82. The fourth-order valence-electron chi connectivity index (χ4n) is 1.60. The van der Waals surface area contributed by atoms with E-state index in [9.17, 15) is 20.4 Å². The molecule has 0 radical (unpaired) electrons. The van der Waals surface area contributed by atoms with Crippen LogP contribution in [0.25, 0.3) is 0 Å². The van der Waals surface area contributed by atoms with Crippen LogP contribution >= 0.6 is 0 Å². The van der Waals surface area contributed by atoms with Crippen LogP contribution in [0.1, 0.15) is 0 Å². The first-order valence-electron chi connectivity index (χ1n) is 4.61. The smallest absolute Gasteiger partial charge is 0.110 e. The van der Waals surface area contributed by atoms with Crippen molar-refractivity contribution in [2.45, 2.75) is 24.4 Å². The number of hydrogen-bond donors (Lipinski definition) is 5. The summed E-state index contributed by atoms with van der Waals surface area (Å²) in [7, 11) is 0. The van der Waals surface area contributed by atoms with Crippen molar-refractivity contribution in [3.63, 3.8) is 0 Å². The third-order valence-corrected chi connectivity index (χ3v) is 2.45. The number of aliphatic hydroxyl groups excluding tert-OH is 5. The first kappa shape index (κ1) is 11.8. The highest BCUT2D eigenvalue weighted by Gasteiger charge is 2.35. The molecule has 0 unspecified atom stereocenters. The van der Waals surface area contributed by atoms with E-state index in [1.165, 1.54) is 0 Å².